The van der Waals surface area contributed by atoms with E-state index in [0.29, 0.717) is 11.4 Å². The van der Waals surface area contributed by atoms with Crippen molar-refractivity contribution in [3.8, 4) is 0 Å². The Hall–Kier alpha value is -2.11. The Kier molecular flexibility index (Phi) is 6.12. The van der Waals surface area contributed by atoms with Crippen LogP contribution in [-0.4, -0.2) is 17.2 Å². The molecule has 4 nitrogen and oxygen atoms in total. The number of nitrogens with one attached hydrogen (secondary N) is 2. The molecular weight excluding hydrogens is 355 g/mol. The van der Waals surface area contributed by atoms with Crippen molar-refractivity contribution in [2.45, 2.75) is 38.3 Å². The Bertz CT molecular complexity index is 778. The minimum Gasteiger partial charge on any atom is -0.373 e. The Labute approximate surface area is 157 Å². The summed E-state index contributed by atoms with van der Waals surface area (Å²) in [4.78, 5) is 12.5. The molecule has 1 amide bonds. The lowest BCUT2D eigenvalue weighted by Gasteiger charge is -2.27. The largest absolute Gasteiger partial charge is 0.373 e. The number of para-hydroxylation sites is 1. The van der Waals surface area contributed by atoms with Gasteiger partial charge >= 0.3 is 0 Å². The number of hydrogen-bond acceptors (Lipinski definition) is 3. The lowest BCUT2D eigenvalue weighted by atomic mass is 9.88. The molecule has 1 atom stereocenters. The van der Waals surface area contributed by atoms with Gasteiger partial charge in [0.05, 0.1) is 16.3 Å². The van der Waals surface area contributed by atoms with Crippen molar-refractivity contribution in [3.05, 3.63) is 58.9 Å². The van der Waals surface area contributed by atoms with Gasteiger partial charge in [-0.1, -0.05) is 43.0 Å². The first-order chi connectivity index (χ1) is 12.5. The van der Waals surface area contributed by atoms with E-state index in [1.165, 1.54) is 12.5 Å². The fraction of sp³-hybridized carbons (Fsp3) is 0.350. The van der Waals surface area contributed by atoms with Gasteiger partial charge in [-0.3, -0.25) is 4.79 Å². The van der Waals surface area contributed by atoms with Gasteiger partial charge in [0.15, 0.2) is 0 Å². The topological polar surface area (TPSA) is 61.4 Å². The molecule has 0 heterocycles. The summed E-state index contributed by atoms with van der Waals surface area (Å²) >= 11 is 6.15. The molecule has 0 bridgehead atoms. The van der Waals surface area contributed by atoms with Crippen LogP contribution in [0, 0.1) is 11.7 Å². The van der Waals surface area contributed by atoms with E-state index < -0.39 is 12.1 Å². The first-order valence-corrected chi connectivity index (χ1v) is 9.22. The second-order valence-corrected chi connectivity index (χ2v) is 7.02. The summed E-state index contributed by atoms with van der Waals surface area (Å²) in [6.45, 7) is 0. The number of hydrogen-bond donors (Lipinski definition) is 3. The molecule has 0 spiro atoms. The third kappa shape index (κ3) is 4.54. The van der Waals surface area contributed by atoms with Gasteiger partial charge in [0.1, 0.15) is 12.0 Å². The van der Waals surface area contributed by atoms with Crippen molar-refractivity contribution in [2.75, 3.05) is 5.32 Å². The molecule has 3 rings (SSSR count). The number of carbonyl (C=O) groups is 1. The number of aliphatic hydroxyl groups is 1. The van der Waals surface area contributed by atoms with E-state index in [0.717, 1.165) is 25.7 Å². The number of amides is 1. The molecule has 6 heteroatoms. The van der Waals surface area contributed by atoms with Crippen LogP contribution in [-0.2, 0) is 0 Å². The zero-order chi connectivity index (χ0) is 18.5. The molecule has 0 aliphatic heterocycles. The van der Waals surface area contributed by atoms with Gasteiger partial charge in [0.25, 0.3) is 5.91 Å². The lowest BCUT2D eigenvalue weighted by molar-refractivity contribution is 0.0463. The van der Waals surface area contributed by atoms with E-state index in [4.69, 9.17) is 11.6 Å². The minimum absolute atomic E-state index is 0.0752. The first kappa shape index (κ1) is 18.7. The summed E-state index contributed by atoms with van der Waals surface area (Å²) in [7, 11) is 0. The normalized spacial score (nSPS) is 16.1. The maximum absolute atomic E-state index is 13.8. The van der Waals surface area contributed by atoms with Crippen LogP contribution < -0.4 is 10.6 Å². The van der Waals surface area contributed by atoms with Gasteiger partial charge in [-0.05, 0) is 43.2 Å². The third-order valence-electron chi connectivity index (χ3n) is 4.74. The second kappa shape index (κ2) is 8.52. The molecular formula is C20H22ClFN2O2. The smallest absolute Gasteiger partial charge is 0.254 e. The molecule has 0 saturated heterocycles. The molecule has 1 aliphatic rings. The van der Waals surface area contributed by atoms with E-state index in [2.05, 4.69) is 10.6 Å². The molecule has 3 N–H and O–H groups in total. The van der Waals surface area contributed by atoms with Gasteiger partial charge in [0, 0.05) is 11.6 Å². The highest BCUT2D eigenvalue weighted by molar-refractivity contribution is 6.34. The van der Waals surface area contributed by atoms with Crippen molar-refractivity contribution in [3.63, 3.8) is 0 Å². The molecule has 26 heavy (non-hydrogen) atoms. The molecule has 138 valence electrons. The molecule has 2 aromatic carbocycles. The van der Waals surface area contributed by atoms with E-state index in [-0.39, 0.29) is 22.3 Å². The Morgan fingerprint density at radius 2 is 1.88 bits per heavy atom. The lowest BCUT2D eigenvalue weighted by Crippen LogP contribution is -2.41. The fourth-order valence-electron chi connectivity index (χ4n) is 3.27. The number of rotatable bonds is 5. The summed E-state index contributed by atoms with van der Waals surface area (Å²) in [6.07, 6.45) is 4.24. The molecule has 0 aromatic heterocycles. The monoisotopic (exact) mass is 376 g/mol. The Morgan fingerprint density at radius 3 is 2.62 bits per heavy atom. The predicted octanol–water partition coefficient (Wildman–Crippen LogP) is 4.85. The number of aliphatic hydroxyl groups excluding tert-OH is 1. The third-order valence-corrected chi connectivity index (χ3v) is 5.07. The highest BCUT2D eigenvalue weighted by atomic mass is 35.5. The van der Waals surface area contributed by atoms with Crippen LogP contribution in [0.25, 0.3) is 0 Å². The predicted molar refractivity (Wildman–Crippen MR) is 101 cm³/mol. The van der Waals surface area contributed by atoms with E-state index in [9.17, 15) is 14.3 Å². The minimum atomic E-state index is -0.887. The van der Waals surface area contributed by atoms with Crippen molar-refractivity contribution in [2.24, 2.45) is 5.92 Å². The standard InChI is InChI=1S/C20H22ClFN2O2/c21-16-11-10-14(23-18-9-5-4-8-17(18)22)12-15(16)20(26)24-19(25)13-6-2-1-3-7-13/h4-5,8-13,19,23,25H,1-3,6-7H2,(H,24,26). The second-order valence-electron chi connectivity index (χ2n) is 6.62. The SMILES string of the molecule is O=C(NC(O)C1CCCCC1)c1cc(Nc2ccccc2F)ccc1Cl. The zero-order valence-corrected chi connectivity index (χ0v) is 15.1. The van der Waals surface area contributed by atoms with Gasteiger partial charge in [0.2, 0.25) is 0 Å². The number of benzene rings is 2. The van der Waals surface area contributed by atoms with Crippen LogP contribution >= 0.6 is 11.6 Å². The Morgan fingerprint density at radius 1 is 1.15 bits per heavy atom. The maximum atomic E-state index is 13.8. The van der Waals surface area contributed by atoms with E-state index >= 15 is 0 Å². The van der Waals surface area contributed by atoms with Crippen LogP contribution in [0.1, 0.15) is 42.5 Å². The average Bonchev–Trinajstić information content (AvgIpc) is 2.65. The first-order valence-electron chi connectivity index (χ1n) is 8.84. The number of halogens is 2. The van der Waals surface area contributed by atoms with Crippen LogP contribution in [0.15, 0.2) is 42.5 Å². The summed E-state index contributed by atoms with van der Waals surface area (Å²) in [5.74, 6) is -0.752. The van der Waals surface area contributed by atoms with Crippen molar-refractivity contribution in [1.29, 1.82) is 0 Å². The summed E-state index contributed by atoms with van der Waals surface area (Å²) in [6, 6.07) is 11.1. The highest BCUT2D eigenvalue weighted by Gasteiger charge is 2.24. The zero-order valence-electron chi connectivity index (χ0n) is 14.3. The van der Waals surface area contributed by atoms with E-state index in [1.54, 1.807) is 36.4 Å². The molecule has 2 aromatic rings. The van der Waals surface area contributed by atoms with Gasteiger partial charge in [-0.25, -0.2) is 4.39 Å². The van der Waals surface area contributed by atoms with Crippen molar-refractivity contribution in [1.82, 2.24) is 5.32 Å². The van der Waals surface area contributed by atoms with Gasteiger partial charge in [-0.2, -0.15) is 0 Å². The molecule has 1 saturated carbocycles. The molecule has 1 unspecified atom stereocenters. The van der Waals surface area contributed by atoms with Crippen molar-refractivity contribution < 1.29 is 14.3 Å². The number of anilines is 2. The number of carbonyl (C=O) groups excluding carboxylic acids is 1. The van der Waals surface area contributed by atoms with Gasteiger partial charge < -0.3 is 15.7 Å². The fourth-order valence-corrected chi connectivity index (χ4v) is 3.48. The highest BCUT2D eigenvalue weighted by Crippen LogP contribution is 2.27. The summed E-state index contributed by atoms with van der Waals surface area (Å²) < 4.78 is 13.8. The van der Waals surface area contributed by atoms with Gasteiger partial charge in [-0.15, -0.1) is 0 Å². The van der Waals surface area contributed by atoms with E-state index in [1.807, 2.05) is 0 Å². The molecule has 1 aliphatic carbocycles. The van der Waals surface area contributed by atoms with Crippen LogP contribution in [0.4, 0.5) is 15.8 Å². The maximum Gasteiger partial charge on any atom is 0.254 e. The molecule has 0 radical (unpaired) electrons. The van der Waals surface area contributed by atoms with Crippen LogP contribution in [0.3, 0.4) is 0 Å². The van der Waals surface area contributed by atoms with Crippen molar-refractivity contribution >= 4 is 28.9 Å². The average molecular weight is 377 g/mol. The van der Waals surface area contributed by atoms with Crippen LogP contribution in [0.2, 0.25) is 5.02 Å². The summed E-state index contributed by atoms with van der Waals surface area (Å²) in [5, 5.41) is 16.1. The van der Waals surface area contributed by atoms with Crippen LogP contribution in [0.5, 0.6) is 0 Å². The summed E-state index contributed by atoms with van der Waals surface area (Å²) in [5.41, 5.74) is 1.09. The molecule has 1 fully saturated rings. The quantitative estimate of drug-likeness (QED) is 0.653. The Balaban J connectivity index is 1.72.